The molecule has 5 heteroatoms. The fraction of sp³-hybridized carbons (Fsp3) is 0.286. The summed E-state index contributed by atoms with van der Waals surface area (Å²) in [5.74, 6) is 0.170. The Balaban J connectivity index is 1.29. The molecule has 1 N–H and O–H groups in total. The maximum atomic E-state index is 13.3. The summed E-state index contributed by atoms with van der Waals surface area (Å²) in [4.78, 5) is 6.93. The fourth-order valence-corrected chi connectivity index (χ4v) is 3.38. The van der Waals surface area contributed by atoms with Crippen LogP contribution in [0.25, 0.3) is 11.5 Å². The number of rotatable bonds is 6. The van der Waals surface area contributed by atoms with Gasteiger partial charge in [-0.3, -0.25) is 4.90 Å². The Hall–Kier alpha value is -2.50. The summed E-state index contributed by atoms with van der Waals surface area (Å²) in [5.41, 5.74) is 2.85. The first kappa shape index (κ1) is 16.9. The van der Waals surface area contributed by atoms with Gasteiger partial charge in [-0.1, -0.05) is 36.4 Å². The molecule has 1 aromatic heterocycles. The highest BCUT2D eigenvalue weighted by molar-refractivity contribution is 5.52. The molecule has 2 aromatic carbocycles. The van der Waals surface area contributed by atoms with Crippen LogP contribution in [0.4, 0.5) is 4.39 Å². The molecule has 3 aromatic rings. The van der Waals surface area contributed by atoms with Crippen molar-refractivity contribution in [1.29, 1.82) is 0 Å². The van der Waals surface area contributed by atoms with Crippen LogP contribution in [0.15, 0.2) is 65.3 Å². The van der Waals surface area contributed by atoms with Crippen molar-refractivity contribution in [2.24, 2.45) is 0 Å². The van der Waals surface area contributed by atoms with Gasteiger partial charge in [-0.05, 0) is 30.2 Å². The van der Waals surface area contributed by atoms with Crippen LogP contribution in [0.2, 0.25) is 0 Å². The predicted octanol–water partition coefficient (Wildman–Crippen LogP) is 3.84. The summed E-state index contributed by atoms with van der Waals surface area (Å²) in [6.07, 6.45) is 2.77. The molecule has 2 heterocycles. The highest BCUT2D eigenvalue weighted by Crippen LogP contribution is 2.20. The number of aromatic nitrogens is 1. The van der Waals surface area contributed by atoms with Gasteiger partial charge < -0.3 is 9.73 Å². The zero-order valence-electron chi connectivity index (χ0n) is 14.6. The van der Waals surface area contributed by atoms with Gasteiger partial charge >= 0.3 is 0 Å². The van der Waals surface area contributed by atoms with E-state index in [9.17, 15) is 4.39 Å². The Morgan fingerprint density at radius 2 is 2.04 bits per heavy atom. The van der Waals surface area contributed by atoms with E-state index in [1.165, 1.54) is 17.7 Å². The second-order valence-corrected chi connectivity index (χ2v) is 6.74. The molecule has 1 fully saturated rings. The standard InChI is InChI=1S/C21H22FN3O/c22-18-8-4-7-17(11-18)21-24-20(15-26-21)12-23-19-9-10-25(14-19)13-16-5-2-1-3-6-16/h1-8,11,15,19,23H,9-10,12-14H2. The largest absolute Gasteiger partial charge is 0.444 e. The Morgan fingerprint density at radius 3 is 2.88 bits per heavy atom. The van der Waals surface area contributed by atoms with Crippen LogP contribution in [-0.4, -0.2) is 29.0 Å². The van der Waals surface area contributed by atoms with Gasteiger partial charge in [-0.15, -0.1) is 0 Å². The summed E-state index contributed by atoms with van der Waals surface area (Å²) in [7, 11) is 0. The smallest absolute Gasteiger partial charge is 0.226 e. The van der Waals surface area contributed by atoms with Gasteiger partial charge in [-0.2, -0.15) is 0 Å². The van der Waals surface area contributed by atoms with E-state index < -0.39 is 0 Å². The van der Waals surface area contributed by atoms with Gasteiger partial charge in [0.25, 0.3) is 0 Å². The van der Waals surface area contributed by atoms with Crippen molar-refractivity contribution >= 4 is 0 Å². The second-order valence-electron chi connectivity index (χ2n) is 6.74. The van der Waals surface area contributed by atoms with Crippen LogP contribution in [-0.2, 0) is 13.1 Å². The number of nitrogens with zero attached hydrogens (tertiary/aromatic N) is 2. The molecule has 0 spiro atoms. The lowest BCUT2D eigenvalue weighted by molar-refractivity contribution is 0.319. The van der Waals surface area contributed by atoms with E-state index in [0.29, 0.717) is 24.0 Å². The minimum atomic E-state index is -0.287. The number of oxazole rings is 1. The Labute approximate surface area is 152 Å². The molecule has 1 unspecified atom stereocenters. The fourth-order valence-electron chi connectivity index (χ4n) is 3.38. The minimum Gasteiger partial charge on any atom is -0.444 e. The van der Waals surface area contributed by atoms with Crippen LogP contribution in [0.1, 0.15) is 17.7 Å². The summed E-state index contributed by atoms with van der Waals surface area (Å²) in [5, 5.41) is 3.55. The van der Waals surface area contributed by atoms with Crippen molar-refractivity contribution in [1.82, 2.24) is 15.2 Å². The first-order valence-electron chi connectivity index (χ1n) is 8.96. The summed E-state index contributed by atoms with van der Waals surface area (Å²) in [6.45, 7) is 3.78. The van der Waals surface area contributed by atoms with E-state index >= 15 is 0 Å². The number of likely N-dealkylation sites (tertiary alicyclic amines) is 1. The molecule has 0 radical (unpaired) electrons. The lowest BCUT2D eigenvalue weighted by Crippen LogP contribution is -2.32. The topological polar surface area (TPSA) is 41.3 Å². The Bertz CT molecular complexity index is 849. The summed E-state index contributed by atoms with van der Waals surface area (Å²) in [6, 6.07) is 17.3. The van der Waals surface area contributed by atoms with Gasteiger partial charge in [0.15, 0.2) is 0 Å². The molecular weight excluding hydrogens is 329 g/mol. The third kappa shape index (κ3) is 4.18. The van der Waals surface area contributed by atoms with Crippen molar-refractivity contribution < 1.29 is 8.81 Å². The second kappa shape index (κ2) is 7.81. The van der Waals surface area contributed by atoms with Crippen molar-refractivity contribution in [3.8, 4) is 11.5 Å². The quantitative estimate of drug-likeness (QED) is 0.732. The van der Waals surface area contributed by atoms with E-state index in [2.05, 4.69) is 39.5 Å². The van der Waals surface area contributed by atoms with Crippen molar-refractivity contribution in [3.05, 3.63) is 77.9 Å². The third-order valence-electron chi connectivity index (χ3n) is 4.72. The SMILES string of the molecule is Fc1cccc(-c2nc(CNC3CCN(Cc4ccccc4)C3)co2)c1. The average Bonchev–Trinajstić information content (AvgIpc) is 3.30. The van der Waals surface area contributed by atoms with Gasteiger partial charge in [0.2, 0.25) is 5.89 Å². The number of benzene rings is 2. The number of nitrogens with one attached hydrogen (secondary N) is 1. The molecule has 1 atom stereocenters. The zero-order valence-corrected chi connectivity index (χ0v) is 14.6. The summed E-state index contributed by atoms with van der Waals surface area (Å²) < 4.78 is 18.8. The first-order chi connectivity index (χ1) is 12.8. The number of halogens is 1. The average molecular weight is 351 g/mol. The highest BCUT2D eigenvalue weighted by Gasteiger charge is 2.22. The monoisotopic (exact) mass is 351 g/mol. The lowest BCUT2D eigenvalue weighted by Gasteiger charge is -2.16. The van der Waals surface area contributed by atoms with E-state index in [-0.39, 0.29) is 5.82 Å². The van der Waals surface area contributed by atoms with Crippen LogP contribution in [0, 0.1) is 5.82 Å². The van der Waals surface area contributed by atoms with Gasteiger partial charge in [-0.25, -0.2) is 9.37 Å². The minimum absolute atomic E-state index is 0.287. The molecule has 134 valence electrons. The normalized spacial score (nSPS) is 17.7. The molecule has 1 saturated heterocycles. The first-order valence-corrected chi connectivity index (χ1v) is 8.96. The van der Waals surface area contributed by atoms with Crippen molar-refractivity contribution in [2.45, 2.75) is 25.6 Å². The molecule has 0 saturated carbocycles. The van der Waals surface area contributed by atoms with Gasteiger partial charge in [0, 0.05) is 37.8 Å². The van der Waals surface area contributed by atoms with E-state index in [1.54, 1.807) is 18.4 Å². The molecule has 4 nitrogen and oxygen atoms in total. The maximum Gasteiger partial charge on any atom is 0.226 e. The number of hydrogen-bond donors (Lipinski definition) is 1. The molecule has 0 aliphatic carbocycles. The van der Waals surface area contributed by atoms with Crippen LogP contribution < -0.4 is 5.32 Å². The Kier molecular flexibility index (Phi) is 5.09. The van der Waals surface area contributed by atoms with Crippen molar-refractivity contribution in [3.63, 3.8) is 0 Å². The van der Waals surface area contributed by atoms with E-state index in [1.807, 2.05) is 6.07 Å². The molecule has 0 amide bonds. The molecule has 1 aliphatic rings. The number of hydrogen-bond acceptors (Lipinski definition) is 4. The van der Waals surface area contributed by atoms with Gasteiger partial charge in [0.1, 0.15) is 12.1 Å². The van der Waals surface area contributed by atoms with Gasteiger partial charge in [0.05, 0.1) is 5.69 Å². The molecule has 4 rings (SSSR count). The molecule has 26 heavy (non-hydrogen) atoms. The van der Waals surface area contributed by atoms with E-state index in [4.69, 9.17) is 4.42 Å². The predicted molar refractivity (Wildman–Crippen MR) is 98.9 cm³/mol. The van der Waals surface area contributed by atoms with Crippen LogP contribution in [0.3, 0.4) is 0 Å². The zero-order chi connectivity index (χ0) is 17.8. The summed E-state index contributed by atoms with van der Waals surface area (Å²) >= 11 is 0. The molecule has 1 aliphatic heterocycles. The highest BCUT2D eigenvalue weighted by atomic mass is 19.1. The Morgan fingerprint density at radius 1 is 1.15 bits per heavy atom. The van der Waals surface area contributed by atoms with Crippen LogP contribution >= 0.6 is 0 Å². The van der Waals surface area contributed by atoms with Crippen molar-refractivity contribution in [2.75, 3.05) is 13.1 Å². The maximum absolute atomic E-state index is 13.3. The molecule has 0 bridgehead atoms. The van der Waals surface area contributed by atoms with Crippen LogP contribution in [0.5, 0.6) is 0 Å². The molecular formula is C21H22FN3O. The van der Waals surface area contributed by atoms with E-state index in [0.717, 1.165) is 31.7 Å². The lowest BCUT2D eigenvalue weighted by atomic mass is 10.2. The third-order valence-corrected chi connectivity index (χ3v) is 4.72.